The number of ether oxygens (including phenoxy) is 1. The number of nitrogens with two attached hydrogens (primary N) is 1. The van der Waals surface area contributed by atoms with Crippen LogP contribution in [0.2, 0.25) is 0 Å². The fourth-order valence-electron chi connectivity index (χ4n) is 2.94. The van der Waals surface area contributed by atoms with Crippen molar-refractivity contribution in [2.24, 2.45) is 11.7 Å². The Hall–Kier alpha value is -2.02. The molecular weight excluding hydrogens is 333 g/mol. The van der Waals surface area contributed by atoms with Gasteiger partial charge in [-0.25, -0.2) is 0 Å². The fourth-order valence-corrected chi connectivity index (χ4v) is 2.94. The van der Waals surface area contributed by atoms with Gasteiger partial charge in [0.25, 0.3) is 5.91 Å². The van der Waals surface area contributed by atoms with Gasteiger partial charge in [-0.15, -0.1) is 0 Å². The molecule has 2 rings (SSSR count). The average molecular weight is 356 g/mol. The topological polar surface area (TPSA) is 55.6 Å². The molecule has 0 spiro atoms. The highest BCUT2D eigenvalue weighted by Crippen LogP contribution is 2.33. The largest absolute Gasteiger partial charge is 0.489 e. The van der Waals surface area contributed by atoms with E-state index in [0.717, 1.165) is 25.0 Å². The van der Waals surface area contributed by atoms with Gasteiger partial charge < -0.3 is 15.4 Å². The third-order valence-corrected chi connectivity index (χ3v) is 4.38. The Balaban J connectivity index is 2.33. The number of rotatable bonds is 5. The van der Waals surface area contributed by atoms with Crippen LogP contribution in [0.3, 0.4) is 0 Å². The van der Waals surface area contributed by atoms with Crippen LogP contribution in [-0.2, 0) is 6.18 Å². The van der Waals surface area contributed by atoms with Gasteiger partial charge in [-0.2, -0.15) is 13.2 Å². The summed E-state index contributed by atoms with van der Waals surface area (Å²) in [5.74, 6) is -0.197. The van der Waals surface area contributed by atoms with E-state index in [0.29, 0.717) is 13.1 Å². The Labute approximate surface area is 145 Å². The summed E-state index contributed by atoms with van der Waals surface area (Å²) in [7, 11) is 0. The van der Waals surface area contributed by atoms with Gasteiger partial charge in [0.1, 0.15) is 12.4 Å². The number of likely N-dealkylation sites (tertiary alicyclic amines) is 1. The summed E-state index contributed by atoms with van der Waals surface area (Å²) in [5.41, 5.74) is 4.97. The summed E-state index contributed by atoms with van der Waals surface area (Å²) >= 11 is 0. The van der Waals surface area contributed by atoms with Gasteiger partial charge in [-0.1, -0.05) is 12.7 Å². The number of carbonyl (C=O) groups excluding carboxylic acids is 1. The normalized spacial score (nSPS) is 19.4. The number of nitrogens with zero attached hydrogens (tertiary/aromatic N) is 1. The number of hydrogen-bond acceptors (Lipinski definition) is 3. The highest BCUT2D eigenvalue weighted by atomic mass is 19.4. The molecule has 4 nitrogen and oxygen atoms in total. The number of halogens is 3. The molecule has 1 aliphatic rings. The summed E-state index contributed by atoms with van der Waals surface area (Å²) in [4.78, 5) is 14.4. The third kappa shape index (κ3) is 4.75. The van der Waals surface area contributed by atoms with Gasteiger partial charge in [0, 0.05) is 19.1 Å². The van der Waals surface area contributed by atoms with Gasteiger partial charge in [0.05, 0.1) is 11.1 Å². The fraction of sp³-hybridized carbons (Fsp3) is 0.500. The highest BCUT2D eigenvalue weighted by Gasteiger charge is 2.34. The summed E-state index contributed by atoms with van der Waals surface area (Å²) in [6.45, 7) is 6.43. The maximum Gasteiger partial charge on any atom is 0.416 e. The molecular formula is C18H23F3N2O2. The van der Waals surface area contributed by atoms with E-state index in [1.807, 2.05) is 6.92 Å². The lowest BCUT2D eigenvalue weighted by atomic mass is 9.91. The van der Waals surface area contributed by atoms with Gasteiger partial charge in [-0.05, 0) is 43.9 Å². The molecule has 1 aliphatic heterocycles. The zero-order valence-electron chi connectivity index (χ0n) is 14.2. The quantitative estimate of drug-likeness (QED) is 0.822. The minimum Gasteiger partial charge on any atom is -0.489 e. The second kappa shape index (κ2) is 7.91. The van der Waals surface area contributed by atoms with E-state index in [1.54, 1.807) is 4.90 Å². The zero-order valence-corrected chi connectivity index (χ0v) is 14.2. The average Bonchev–Trinajstić information content (AvgIpc) is 2.58. The molecule has 1 saturated heterocycles. The number of amides is 1. The minimum atomic E-state index is -4.53. The second-order valence-corrected chi connectivity index (χ2v) is 6.32. The van der Waals surface area contributed by atoms with Crippen LogP contribution in [0.5, 0.6) is 5.75 Å². The van der Waals surface area contributed by atoms with Crippen molar-refractivity contribution in [1.29, 1.82) is 0 Å². The van der Waals surface area contributed by atoms with E-state index in [-0.39, 0.29) is 29.9 Å². The van der Waals surface area contributed by atoms with Crippen molar-refractivity contribution in [1.82, 2.24) is 4.90 Å². The van der Waals surface area contributed by atoms with Crippen LogP contribution in [0, 0.1) is 5.92 Å². The molecule has 0 aromatic heterocycles. The molecule has 2 unspecified atom stereocenters. The summed E-state index contributed by atoms with van der Waals surface area (Å²) < 4.78 is 44.5. The first-order valence-electron chi connectivity index (χ1n) is 8.23. The van der Waals surface area contributed by atoms with Gasteiger partial charge in [0.2, 0.25) is 0 Å². The predicted molar refractivity (Wildman–Crippen MR) is 89.4 cm³/mol. The Morgan fingerprint density at radius 1 is 1.52 bits per heavy atom. The predicted octanol–water partition coefficient (Wildman–Crippen LogP) is 3.47. The number of alkyl halides is 3. The SMILES string of the molecule is C=CCOc1ccc(C(F)(F)F)cc1C(=O)N1CCCC(C(C)N)C1. The molecule has 2 N–H and O–H groups in total. The first-order valence-corrected chi connectivity index (χ1v) is 8.23. The first-order chi connectivity index (χ1) is 11.7. The monoisotopic (exact) mass is 356 g/mol. The molecule has 0 bridgehead atoms. The van der Waals surface area contributed by atoms with Gasteiger partial charge >= 0.3 is 6.18 Å². The van der Waals surface area contributed by atoms with Crippen molar-refractivity contribution in [3.8, 4) is 5.75 Å². The molecule has 1 aromatic rings. The lowest BCUT2D eigenvalue weighted by Crippen LogP contribution is -2.45. The molecule has 1 fully saturated rings. The van der Waals surface area contributed by atoms with E-state index in [2.05, 4.69) is 6.58 Å². The number of carbonyl (C=O) groups is 1. The molecule has 25 heavy (non-hydrogen) atoms. The molecule has 1 amide bonds. The van der Waals surface area contributed by atoms with Crippen molar-refractivity contribution in [2.45, 2.75) is 32.0 Å². The van der Waals surface area contributed by atoms with E-state index >= 15 is 0 Å². The Morgan fingerprint density at radius 2 is 2.24 bits per heavy atom. The van der Waals surface area contributed by atoms with Gasteiger partial charge in [-0.3, -0.25) is 4.79 Å². The Bertz CT molecular complexity index is 629. The summed E-state index contributed by atoms with van der Waals surface area (Å²) in [6.07, 6.45) is -1.37. The van der Waals surface area contributed by atoms with E-state index in [4.69, 9.17) is 10.5 Å². The molecule has 1 aromatic carbocycles. The number of benzene rings is 1. The van der Waals surface area contributed by atoms with Crippen LogP contribution in [0.1, 0.15) is 35.7 Å². The maximum atomic E-state index is 13.0. The lowest BCUT2D eigenvalue weighted by Gasteiger charge is -2.35. The molecule has 0 saturated carbocycles. The highest BCUT2D eigenvalue weighted by molar-refractivity contribution is 5.97. The van der Waals surface area contributed by atoms with Crippen LogP contribution in [-0.4, -0.2) is 36.5 Å². The number of hydrogen-bond donors (Lipinski definition) is 1. The molecule has 0 radical (unpaired) electrons. The van der Waals surface area contributed by atoms with E-state index < -0.39 is 17.6 Å². The second-order valence-electron chi connectivity index (χ2n) is 6.32. The Morgan fingerprint density at radius 3 is 2.84 bits per heavy atom. The minimum absolute atomic E-state index is 0.0754. The summed E-state index contributed by atoms with van der Waals surface area (Å²) in [5, 5.41) is 0. The lowest BCUT2D eigenvalue weighted by molar-refractivity contribution is -0.137. The molecule has 1 heterocycles. The van der Waals surface area contributed by atoms with E-state index in [1.165, 1.54) is 12.1 Å². The molecule has 138 valence electrons. The zero-order chi connectivity index (χ0) is 18.6. The van der Waals surface area contributed by atoms with Crippen molar-refractivity contribution in [2.75, 3.05) is 19.7 Å². The van der Waals surface area contributed by atoms with Gasteiger partial charge in [0.15, 0.2) is 0 Å². The van der Waals surface area contributed by atoms with Crippen molar-refractivity contribution >= 4 is 5.91 Å². The first kappa shape index (κ1) is 19.3. The van der Waals surface area contributed by atoms with Crippen molar-refractivity contribution in [3.05, 3.63) is 42.0 Å². The molecule has 0 aliphatic carbocycles. The third-order valence-electron chi connectivity index (χ3n) is 4.38. The van der Waals surface area contributed by atoms with Crippen LogP contribution in [0.15, 0.2) is 30.9 Å². The van der Waals surface area contributed by atoms with Crippen LogP contribution in [0.4, 0.5) is 13.2 Å². The standard InChI is InChI=1S/C18H23F3N2O2/c1-3-9-25-16-7-6-14(18(19,20)21)10-15(16)17(24)23-8-4-5-13(11-23)12(2)22/h3,6-7,10,12-13H,1,4-5,8-9,11,22H2,2H3. The molecule has 7 heteroatoms. The van der Waals surface area contributed by atoms with Crippen molar-refractivity contribution < 1.29 is 22.7 Å². The maximum absolute atomic E-state index is 13.0. The van der Waals surface area contributed by atoms with Crippen LogP contribution >= 0.6 is 0 Å². The van der Waals surface area contributed by atoms with E-state index in [9.17, 15) is 18.0 Å². The van der Waals surface area contributed by atoms with Crippen LogP contribution in [0.25, 0.3) is 0 Å². The Kier molecular flexibility index (Phi) is 6.11. The number of piperidine rings is 1. The molecule has 2 atom stereocenters. The smallest absolute Gasteiger partial charge is 0.416 e. The summed E-state index contributed by atoms with van der Waals surface area (Å²) in [6, 6.07) is 2.88. The van der Waals surface area contributed by atoms with Crippen molar-refractivity contribution in [3.63, 3.8) is 0 Å². The van der Waals surface area contributed by atoms with Crippen LogP contribution < -0.4 is 10.5 Å².